The molecule has 152 valence electrons. The van der Waals surface area contributed by atoms with Crippen molar-refractivity contribution in [2.24, 2.45) is 5.73 Å². The molecule has 0 aliphatic carbocycles. The molecule has 11 heteroatoms. The topological polar surface area (TPSA) is 188 Å². The van der Waals surface area contributed by atoms with Gasteiger partial charge in [-0.15, -0.1) is 0 Å². The highest BCUT2D eigenvalue weighted by Gasteiger charge is 2.23. The number of carbonyl (C=O) groups is 5. The van der Waals surface area contributed by atoms with E-state index in [0.717, 1.165) is 5.56 Å². The van der Waals surface area contributed by atoms with Gasteiger partial charge in [0.1, 0.15) is 6.04 Å². The van der Waals surface area contributed by atoms with Crippen LogP contribution in [0, 0.1) is 0 Å². The number of hydrogen-bond donors (Lipinski definition) is 6. The Hall–Kier alpha value is -3.47. The Morgan fingerprint density at radius 2 is 1.54 bits per heavy atom. The Morgan fingerprint density at radius 1 is 0.929 bits per heavy atom. The molecule has 0 aliphatic heterocycles. The van der Waals surface area contributed by atoms with E-state index in [0.29, 0.717) is 0 Å². The van der Waals surface area contributed by atoms with Crippen molar-refractivity contribution in [1.82, 2.24) is 16.0 Å². The molecule has 2 atom stereocenters. The normalized spacial score (nSPS) is 12.3. The summed E-state index contributed by atoms with van der Waals surface area (Å²) in [6, 6.07) is 6.60. The van der Waals surface area contributed by atoms with Gasteiger partial charge in [-0.25, -0.2) is 4.79 Å². The predicted molar refractivity (Wildman–Crippen MR) is 96.0 cm³/mol. The van der Waals surface area contributed by atoms with E-state index in [2.05, 4.69) is 10.6 Å². The highest BCUT2D eigenvalue weighted by Crippen LogP contribution is 2.01. The number of carbonyl (C=O) groups excluding carboxylic acids is 3. The molecule has 3 amide bonds. The standard InChI is InChI=1S/C17H22N4O7/c18-11(6-10-4-2-1-3-5-10)16(26)20-8-13(22)19-9-14(23)21-12(17(27)28)7-15(24)25/h1-5,11-12H,6-9,18H2,(H,19,22)(H,20,26)(H,21,23)(H,24,25)(H,27,28). The van der Waals surface area contributed by atoms with Crippen molar-refractivity contribution >= 4 is 29.7 Å². The molecule has 0 aliphatic rings. The number of nitrogens with two attached hydrogens (primary N) is 1. The van der Waals surface area contributed by atoms with Crippen LogP contribution in [0.3, 0.4) is 0 Å². The fourth-order valence-corrected chi connectivity index (χ4v) is 2.12. The SMILES string of the molecule is NC(Cc1ccccc1)C(=O)NCC(=O)NCC(=O)NC(CC(=O)O)C(=O)O. The molecule has 1 aromatic carbocycles. The van der Waals surface area contributed by atoms with E-state index in [1.165, 1.54) is 0 Å². The van der Waals surface area contributed by atoms with E-state index >= 15 is 0 Å². The Labute approximate surface area is 160 Å². The van der Waals surface area contributed by atoms with Crippen LogP contribution in [-0.4, -0.2) is 65.0 Å². The average molecular weight is 394 g/mol. The van der Waals surface area contributed by atoms with Gasteiger partial charge in [0.05, 0.1) is 25.6 Å². The van der Waals surface area contributed by atoms with Crippen molar-refractivity contribution in [3.63, 3.8) is 0 Å². The third-order valence-electron chi connectivity index (χ3n) is 3.52. The number of rotatable bonds is 11. The van der Waals surface area contributed by atoms with Crippen LogP contribution in [-0.2, 0) is 30.4 Å². The molecule has 7 N–H and O–H groups in total. The highest BCUT2D eigenvalue weighted by molar-refractivity contribution is 5.91. The minimum Gasteiger partial charge on any atom is -0.481 e. The van der Waals surface area contributed by atoms with Crippen LogP contribution in [0.2, 0.25) is 0 Å². The van der Waals surface area contributed by atoms with Crippen LogP contribution in [0.5, 0.6) is 0 Å². The molecule has 2 unspecified atom stereocenters. The summed E-state index contributed by atoms with van der Waals surface area (Å²) in [4.78, 5) is 56.6. The molecule has 0 saturated heterocycles. The number of benzene rings is 1. The maximum Gasteiger partial charge on any atom is 0.326 e. The van der Waals surface area contributed by atoms with Crippen molar-refractivity contribution in [3.05, 3.63) is 35.9 Å². The van der Waals surface area contributed by atoms with Crippen LogP contribution >= 0.6 is 0 Å². The third-order valence-corrected chi connectivity index (χ3v) is 3.52. The zero-order valence-corrected chi connectivity index (χ0v) is 14.9. The molecular formula is C17H22N4O7. The number of carboxylic acids is 2. The lowest BCUT2D eigenvalue weighted by atomic mass is 10.1. The van der Waals surface area contributed by atoms with Gasteiger partial charge in [-0.05, 0) is 12.0 Å². The summed E-state index contributed by atoms with van der Waals surface area (Å²) in [6.07, 6.45) is -0.513. The Bertz CT molecular complexity index is 723. The summed E-state index contributed by atoms with van der Waals surface area (Å²) in [5.41, 5.74) is 6.63. The minimum absolute atomic E-state index is 0.289. The largest absolute Gasteiger partial charge is 0.481 e. The Morgan fingerprint density at radius 3 is 2.11 bits per heavy atom. The number of nitrogens with one attached hydrogen (secondary N) is 3. The smallest absolute Gasteiger partial charge is 0.326 e. The molecule has 0 bridgehead atoms. The molecule has 28 heavy (non-hydrogen) atoms. The molecule has 0 saturated carbocycles. The first kappa shape index (κ1) is 22.6. The summed E-state index contributed by atoms with van der Waals surface area (Å²) in [7, 11) is 0. The van der Waals surface area contributed by atoms with Crippen LogP contribution < -0.4 is 21.7 Å². The summed E-state index contributed by atoms with van der Waals surface area (Å²) in [6.45, 7) is -1.000. The van der Waals surface area contributed by atoms with Gasteiger partial charge >= 0.3 is 11.9 Å². The van der Waals surface area contributed by atoms with Crippen molar-refractivity contribution in [2.45, 2.75) is 24.9 Å². The van der Waals surface area contributed by atoms with E-state index in [-0.39, 0.29) is 6.42 Å². The summed E-state index contributed by atoms with van der Waals surface area (Å²) >= 11 is 0. The van der Waals surface area contributed by atoms with Gasteiger partial charge in [-0.3, -0.25) is 19.2 Å². The lowest BCUT2D eigenvalue weighted by Gasteiger charge is -2.14. The second-order valence-electron chi connectivity index (χ2n) is 5.85. The van der Waals surface area contributed by atoms with Crippen molar-refractivity contribution in [3.8, 4) is 0 Å². The lowest BCUT2D eigenvalue weighted by Crippen LogP contribution is -2.49. The predicted octanol–water partition coefficient (Wildman–Crippen LogP) is -2.17. The van der Waals surface area contributed by atoms with Gasteiger partial charge in [0.15, 0.2) is 0 Å². The number of aliphatic carboxylic acids is 2. The number of hydrogen-bond acceptors (Lipinski definition) is 6. The van der Waals surface area contributed by atoms with Gasteiger partial charge < -0.3 is 31.9 Å². The molecule has 0 aromatic heterocycles. The first-order chi connectivity index (χ1) is 13.2. The van der Waals surface area contributed by atoms with Gasteiger partial charge in [0, 0.05) is 0 Å². The maximum absolute atomic E-state index is 11.9. The van der Waals surface area contributed by atoms with E-state index in [1.807, 2.05) is 35.6 Å². The monoisotopic (exact) mass is 394 g/mol. The fraction of sp³-hybridized carbons (Fsp3) is 0.353. The van der Waals surface area contributed by atoms with Gasteiger partial charge in [-0.2, -0.15) is 0 Å². The molecular weight excluding hydrogens is 372 g/mol. The summed E-state index contributed by atoms with van der Waals surface area (Å²) in [5.74, 6) is -5.03. The highest BCUT2D eigenvalue weighted by atomic mass is 16.4. The first-order valence-corrected chi connectivity index (χ1v) is 8.27. The van der Waals surface area contributed by atoms with Gasteiger partial charge in [0.2, 0.25) is 17.7 Å². The summed E-state index contributed by atoms with van der Waals surface area (Å²) in [5, 5.41) is 23.9. The molecule has 11 nitrogen and oxygen atoms in total. The quantitative estimate of drug-likeness (QED) is 0.244. The van der Waals surface area contributed by atoms with E-state index in [1.54, 1.807) is 0 Å². The second-order valence-corrected chi connectivity index (χ2v) is 5.85. The zero-order valence-electron chi connectivity index (χ0n) is 14.9. The fourth-order valence-electron chi connectivity index (χ4n) is 2.12. The Balaban J connectivity index is 2.33. The minimum atomic E-state index is -1.61. The maximum atomic E-state index is 11.9. The Kier molecular flexibility index (Phi) is 9.10. The van der Waals surface area contributed by atoms with Crippen molar-refractivity contribution < 1.29 is 34.2 Å². The van der Waals surface area contributed by atoms with E-state index in [4.69, 9.17) is 15.9 Å². The van der Waals surface area contributed by atoms with E-state index < -0.39 is 61.3 Å². The van der Waals surface area contributed by atoms with Gasteiger partial charge in [-0.1, -0.05) is 30.3 Å². The molecule has 0 radical (unpaired) electrons. The number of carboxylic acid groups (broad SMARTS) is 2. The average Bonchev–Trinajstić information content (AvgIpc) is 2.64. The van der Waals surface area contributed by atoms with Crippen LogP contribution in [0.4, 0.5) is 0 Å². The van der Waals surface area contributed by atoms with Crippen molar-refractivity contribution in [2.75, 3.05) is 13.1 Å². The van der Waals surface area contributed by atoms with Gasteiger partial charge in [0.25, 0.3) is 0 Å². The van der Waals surface area contributed by atoms with Crippen LogP contribution in [0.15, 0.2) is 30.3 Å². The zero-order chi connectivity index (χ0) is 21.1. The van der Waals surface area contributed by atoms with Crippen LogP contribution in [0.1, 0.15) is 12.0 Å². The van der Waals surface area contributed by atoms with E-state index in [9.17, 15) is 24.0 Å². The number of amides is 3. The lowest BCUT2D eigenvalue weighted by molar-refractivity contribution is -0.147. The summed E-state index contributed by atoms with van der Waals surface area (Å²) < 4.78 is 0. The molecule has 0 heterocycles. The molecule has 1 rings (SSSR count). The molecule has 1 aromatic rings. The second kappa shape index (κ2) is 11.3. The van der Waals surface area contributed by atoms with Crippen molar-refractivity contribution in [1.29, 1.82) is 0 Å². The molecule has 0 fully saturated rings. The van der Waals surface area contributed by atoms with Crippen LogP contribution in [0.25, 0.3) is 0 Å². The molecule has 0 spiro atoms. The first-order valence-electron chi connectivity index (χ1n) is 8.27. The third kappa shape index (κ3) is 8.76.